The van der Waals surface area contributed by atoms with Crippen LogP contribution in [0.15, 0.2) is 18.3 Å². The average molecular weight is 331 g/mol. The molecule has 1 fully saturated rings. The maximum absolute atomic E-state index is 12.3. The van der Waals surface area contributed by atoms with Gasteiger partial charge in [0.05, 0.1) is 11.5 Å². The number of ether oxygens (including phenoxy) is 1. The highest BCUT2D eigenvalue weighted by Crippen LogP contribution is 2.20. The lowest BCUT2D eigenvalue weighted by molar-refractivity contribution is -0.154. The highest BCUT2D eigenvalue weighted by molar-refractivity contribution is 5.94. The minimum Gasteiger partial charge on any atom is -0.468 e. The first kappa shape index (κ1) is 17.0. The molecule has 2 rings (SSSR count). The third kappa shape index (κ3) is 4.83. The van der Waals surface area contributed by atoms with Crippen LogP contribution in [0.3, 0.4) is 0 Å². The largest absolute Gasteiger partial charge is 0.468 e. The Bertz CT molecular complexity index is 575. The van der Waals surface area contributed by atoms with Crippen LogP contribution in [0.5, 0.6) is 5.88 Å². The number of aromatic nitrogens is 1. The van der Waals surface area contributed by atoms with Crippen molar-refractivity contribution < 1.29 is 27.5 Å². The van der Waals surface area contributed by atoms with Gasteiger partial charge in [-0.25, -0.2) is 4.98 Å². The summed E-state index contributed by atoms with van der Waals surface area (Å²) in [6.07, 6.45) is -1.99. The molecule has 1 atom stereocenters. The minimum atomic E-state index is -4.45. The zero-order valence-electron chi connectivity index (χ0n) is 12.2. The van der Waals surface area contributed by atoms with Crippen LogP contribution in [0.25, 0.3) is 0 Å². The molecular formula is C14H16F3N3O3. The summed E-state index contributed by atoms with van der Waals surface area (Å²) in [7, 11) is 0. The van der Waals surface area contributed by atoms with E-state index < -0.39 is 18.7 Å². The molecule has 0 spiro atoms. The number of hydrogen-bond acceptors (Lipinski definition) is 4. The number of amides is 2. The van der Waals surface area contributed by atoms with Crippen molar-refractivity contribution >= 4 is 11.8 Å². The van der Waals surface area contributed by atoms with Crippen LogP contribution in [0.1, 0.15) is 23.2 Å². The fourth-order valence-corrected chi connectivity index (χ4v) is 2.32. The molecule has 1 saturated heterocycles. The molecule has 0 saturated carbocycles. The van der Waals surface area contributed by atoms with Crippen LogP contribution < -0.4 is 10.5 Å². The molecule has 1 aliphatic heterocycles. The van der Waals surface area contributed by atoms with E-state index in [0.29, 0.717) is 19.4 Å². The number of carbonyl (C=O) groups is 2. The topological polar surface area (TPSA) is 85.5 Å². The molecule has 2 amide bonds. The fraction of sp³-hybridized carbons (Fsp3) is 0.500. The van der Waals surface area contributed by atoms with Gasteiger partial charge in [0.15, 0.2) is 6.61 Å². The monoisotopic (exact) mass is 331 g/mol. The first-order valence-corrected chi connectivity index (χ1v) is 7.00. The number of hydrogen-bond donors (Lipinski definition) is 1. The first-order chi connectivity index (χ1) is 10.8. The van der Waals surface area contributed by atoms with Crippen LogP contribution >= 0.6 is 0 Å². The number of alkyl halides is 3. The predicted molar refractivity (Wildman–Crippen MR) is 73.6 cm³/mol. The van der Waals surface area contributed by atoms with Crippen molar-refractivity contribution in [3.05, 3.63) is 23.9 Å². The molecule has 0 aliphatic carbocycles. The molecule has 1 aromatic rings. The van der Waals surface area contributed by atoms with Crippen LogP contribution in [0.2, 0.25) is 0 Å². The van der Waals surface area contributed by atoms with Crippen LogP contribution in [-0.2, 0) is 4.79 Å². The first-order valence-electron chi connectivity index (χ1n) is 7.00. The van der Waals surface area contributed by atoms with E-state index in [1.54, 1.807) is 0 Å². The number of likely N-dealkylation sites (tertiary alicyclic amines) is 1. The van der Waals surface area contributed by atoms with Crippen molar-refractivity contribution in [3.63, 3.8) is 0 Å². The van der Waals surface area contributed by atoms with Crippen molar-refractivity contribution in [1.29, 1.82) is 0 Å². The van der Waals surface area contributed by atoms with E-state index in [9.17, 15) is 22.8 Å². The van der Waals surface area contributed by atoms with E-state index in [4.69, 9.17) is 5.73 Å². The Morgan fingerprint density at radius 1 is 1.39 bits per heavy atom. The number of nitrogens with two attached hydrogens (primary N) is 1. The molecule has 1 aliphatic rings. The molecule has 2 heterocycles. The molecule has 1 aromatic heterocycles. The third-order valence-corrected chi connectivity index (χ3v) is 3.48. The Kier molecular flexibility index (Phi) is 5.07. The Hall–Kier alpha value is -2.32. The van der Waals surface area contributed by atoms with Gasteiger partial charge in [-0.05, 0) is 18.9 Å². The number of pyridine rings is 1. The predicted octanol–water partition coefficient (Wildman–Crippen LogP) is 1.36. The maximum atomic E-state index is 12.3. The summed E-state index contributed by atoms with van der Waals surface area (Å²) in [6.45, 7) is -0.713. The number of piperidine rings is 1. The molecular weight excluding hydrogens is 315 g/mol. The molecule has 6 nitrogen and oxygen atoms in total. The van der Waals surface area contributed by atoms with Crippen LogP contribution in [0.4, 0.5) is 13.2 Å². The lowest BCUT2D eigenvalue weighted by Crippen LogP contribution is -2.44. The SMILES string of the molecule is NC(=O)[C@@H]1CCCN(C(=O)c2ccc(OCC(F)(F)F)nc2)C1. The van der Waals surface area contributed by atoms with Gasteiger partial charge in [-0.1, -0.05) is 0 Å². The van der Waals surface area contributed by atoms with Gasteiger partial charge in [0.25, 0.3) is 5.91 Å². The van der Waals surface area contributed by atoms with Crippen molar-refractivity contribution in [2.75, 3.05) is 19.7 Å². The highest BCUT2D eigenvalue weighted by atomic mass is 19.4. The quantitative estimate of drug-likeness (QED) is 0.903. The average Bonchev–Trinajstić information content (AvgIpc) is 2.52. The van der Waals surface area contributed by atoms with Gasteiger partial charge in [-0.15, -0.1) is 0 Å². The molecule has 9 heteroatoms. The zero-order chi connectivity index (χ0) is 17.0. The molecule has 0 unspecified atom stereocenters. The summed E-state index contributed by atoms with van der Waals surface area (Å²) in [5.41, 5.74) is 5.48. The zero-order valence-corrected chi connectivity index (χ0v) is 12.2. The Morgan fingerprint density at radius 3 is 2.70 bits per heavy atom. The van der Waals surface area contributed by atoms with E-state index in [-0.39, 0.29) is 29.8 Å². The van der Waals surface area contributed by atoms with Gasteiger partial charge < -0.3 is 15.4 Å². The molecule has 0 bridgehead atoms. The summed E-state index contributed by atoms with van der Waals surface area (Å²) in [4.78, 5) is 28.7. The van der Waals surface area contributed by atoms with E-state index >= 15 is 0 Å². The molecule has 0 radical (unpaired) electrons. The van der Waals surface area contributed by atoms with E-state index in [2.05, 4.69) is 9.72 Å². The normalized spacial score (nSPS) is 18.6. The van der Waals surface area contributed by atoms with Crippen molar-refractivity contribution in [2.24, 2.45) is 11.7 Å². The lowest BCUT2D eigenvalue weighted by Gasteiger charge is -2.31. The van der Waals surface area contributed by atoms with Gasteiger partial charge in [-0.2, -0.15) is 13.2 Å². The Balaban J connectivity index is 1.98. The van der Waals surface area contributed by atoms with E-state index in [0.717, 1.165) is 6.20 Å². The third-order valence-electron chi connectivity index (χ3n) is 3.48. The van der Waals surface area contributed by atoms with Crippen molar-refractivity contribution in [3.8, 4) is 5.88 Å². The molecule has 23 heavy (non-hydrogen) atoms. The van der Waals surface area contributed by atoms with Crippen LogP contribution in [-0.4, -0.2) is 47.6 Å². The van der Waals surface area contributed by atoms with Gasteiger partial charge >= 0.3 is 6.18 Å². The highest BCUT2D eigenvalue weighted by Gasteiger charge is 2.29. The van der Waals surface area contributed by atoms with Crippen molar-refractivity contribution in [2.45, 2.75) is 19.0 Å². The molecule has 0 aromatic carbocycles. The van der Waals surface area contributed by atoms with Crippen LogP contribution in [0, 0.1) is 5.92 Å². The summed E-state index contributed by atoms with van der Waals surface area (Å²) < 4.78 is 40.6. The van der Waals surface area contributed by atoms with Gasteiger partial charge in [0.1, 0.15) is 0 Å². The molecule has 126 valence electrons. The van der Waals surface area contributed by atoms with Crippen molar-refractivity contribution in [1.82, 2.24) is 9.88 Å². The summed E-state index contributed by atoms with van der Waals surface area (Å²) in [5.74, 6) is -1.38. The lowest BCUT2D eigenvalue weighted by atomic mass is 9.97. The number of carbonyl (C=O) groups excluding carboxylic acids is 2. The van der Waals surface area contributed by atoms with Gasteiger partial charge in [0, 0.05) is 25.4 Å². The fourth-order valence-electron chi connectivity index (χ4n) is 2.32. The van der Waals surface area contributed by atoms with Gasteiger partial charge in [0.2, 0.25) is 11.8 Å². The van der Waals surface area contributed by atoms with E-state index in [1.807, 2.05) is 0 Å². The maximum Gasteiger partial charge on any atom is 0.422 e. The second-order valence-electron chi connectivity index (χ2n) is 5.28. The second kappa shape index (κ2) is 6.84. The summed E-state index contributed by atoms with van der Waals surface area (Å²) in [5, 5.41) is 0. The molecule has 2 N–H and O–H groups in total. The standard InChI is InChI=1S/C14H16F3N3O3/c15-14(16,17)8-23-11-4-3-9(6-19-11)13(22)20-5-1-2-10(7-20)12(18)21/h3-4,6,10H,1-2,5,7-8H2,(H2,18,21)/t10-/m1/s1. The van der Waals surface area contributed by atoms with E-state index in [1.165, 1.54) is 17.0 Å². The number of rotatable bonds is 4. The summed E-state index contributed by atoms with van der Waals surface area (Å²) >= 11 is 0. The number of primary amides is 1. The summed E-state index contributed by atoms with van der Waals surface area (Å²) in [6, 6.07) is 2.55. The Labute approximate surface area is 130 Å². The second-order valence-corrected chi connectivity index (χ2v) is 5.28. The number of halogens is 3. The van der Waals surface area contributed by atoms with Gasteiger partial charge in [-0.3, -0.25) is 9.59 Å². The number of nitrogens with zero attached hydrogens (tertiary/aromatic N) is 2. The minimum absolute atomic E-state index is 0.215. The Morgan fingerprint density at radius 2 is 2.13 bits per heavy atom. The smallest absolute Gasteiger partial charge is 0.422 e.